The molecule has 6 aromatic heterocycles. The molecular formula is C36H38S6. The van der Waals surface area contributed by atoms with Crippen LogP contribution < -0.4 is 0 Å². The first-order chi connectivity index (χ1) is 20.8. The Morgan fingerprint density at radius 2 is 0.762 bits per heavy atom. The summed E-state index contributed by atoms with van der Waals surface area (Å²) in [6.07, 6.45) is 15.3. The van der Waals surface area contributed by atoms with E-state index >= 15 is 0 Å². The summed E-state index contributed by atoms with van der Waals surface area (Å²) >= 11 is 11.5. The maximum atomic E-state index is 2.36. The van der Waals surface area contributed by atoms with Crippen molar-refractivity contribution in [2.75, 3.05) is 0 Å². The van der Waals surface area contributed by atoms with Gasteiger partial charge >= 0.3 is 0 Å². The van der Waals surface area contributed by atoms with E-state index < -0.39 is 0 Å². The molecule has 0 fully saturated rings. The topological polar surface area (TPSA) is 0 Å². The Morgan fingerprint density at radius 3 is 1.19 bits per heavy atom. The summed E-state index contributed by atoms with van der Waals surface area (Å²) in [5.41, 5.74) is 0. The first kappa shape index (κ1) is 30.2. The molecule has 42 heavy (non-hydrogen) atoms. The molecular weight excluding hydrogens is 625 g/mol. The fraction of sp³-hybridized carbons (Fsp3) is 0.333. The van der Waals surface area contributed by atoms with Crippen LogP contribution in [0.25, 0.3) is 48.8 Å². The third-order valence-corrected chi connectivity index (χ3v) is 14.9. The van der Waals surface area contributed by atoms with E-state index in [1.807, 2.05) is 68.0 Å². The quantitative estimate of drug-likeness (QED) is 0.0905. The molecule has 0 atom stereocenters. The van der Waals surface area contributed by atoms with Gasteiger partial charge in [-0.25, -0.2) is 0 Å². The summed E-state index contributed by atoms with van der Waals surface area (Å²) in [5, 5.41) is 2.15. The smallest absolute Gasteiger partial charge is 0.0449 e. The van der Waals surface area contributed by atoms with E-state index in [2.05, 4.69) is 85.1 Å². The van der Waals surface area contributed by atoms with Crippen LogP contribution in [-0.4, -0.2) is 0 Å². The van der Waals surface area contributed by atoms with Crippen molar-refractivity contribution in [1.82, 2.24) is 0 Å². The zero-order valence-electron chi connectivity index (χ0n) is 24.2. The molecule has 0 saturated heterocycles. The molecule has 6 aromatic rings. The van der Waals surface area contributed by atoms with Crippen molar-refractivity contribution < 1.29 is 0 Å². The van der Waals surface area contributed by atoms with Gasteiger partial charge in [0.05, 0.1) is 0 Å². The van der Waals surface area contributed by atoms with Gasteiger partial charge in [-0.2, -0.15) is 0 Å². The Hall–Kier alpha value is -1.80. The molecule has 0 aliphatic rings. The highest BCUT2D eigenvalue weighted by molar-refractivity contribution is 7.30. The third kappa shape index (κ3) is 7.82. The van der Waals surface area contributed by atoms with Crippen molar-refractivity contribution >= 4 is 68.0 Å². The molecule has 0 N–H and O–H groups in total. The molecule has 0 amide bonds. The number of hydrogen-bond acceptors (Lipinski definition) is 6. The fourth-order valence-electron chi connectivity index (χ4n) is 5.26. The van der Waals surface area contributed by atoms with Crippen LogP contribution in [0, 0.1) is 0 Å². The number of aryl methyl sites for hydroxylation is 1. The van der Waals surface area contributed by atoms with Crippen molar-refractivity contribution in [1.29, 1.82) is 0 Å². The molecule has 0 spiro atoms. The summed E-state index contributed by atoms with van der Waals surface area (Å²) in [5.74, 6) is 0. The predicted molar refractivity (Wildman–Crippen MR) is 196 cm³/mol. The van der Waals surface area contributed by atoms with Crippen LogP contribution in [0.1, 0.15) is 76.0 Å². The first-order valence-electron chi connectivity index (χ1n) is 15.3. The number of unbranched alkanes of at least 4 members (excludes halogenated alkanes) is 9. The third-order valence-electron chi connectivity index (χ3n) is 7.60. The Bertz CT molecular complexity index is 1630. The predicted octanol–water partition coefficient (Wildman–Crippen LogP) is 14.9. The van der Waals surface area contributed by atoms with Gasteiger partial charge in [-0.3, -0.25) is 0 Å². The van der Waals surface area contributed by atoms with Crippen molar-refractivity contribution in [2.45, 2.75) is 77.6 Å². The highest BCUT2D eigenvalue weighted by atomic mass is 32.1. The van der Waals surface area contributed by atoms with E-state index in [0.717, 1.165) is 0 Å². The lowest BCUT2D eigenvalue weighted by Crippen LogP contribution is -1.84. The van der Waals surface area contributed by atoms with Crippen LogP contribution >= 0.6 is 68.0 Å². The standard InChI is InChI=1S/C36H38S6/c1-2-3-4-5-6-7-8-9-10-11-13-26-15-16-29(38-26)30-19-20-33(40-30)34-23-24-36(42-34)35-22-21-32(41-35)31-18-17-28(39-31)27-14-12-25-37-27/h12,14-25H,2-11,13H2,1H3. The number of thiophene rings is 6. The molecule has 0 radical (unpaired) electrons. The van der Waals surface area contributed by atoms with Gasteiger partial charge in [-0.1, -0.05) is 70.8 Å². The van der Waals surface area contributed by atoms with Crippen LogP contribution in [0.3, 0.4) is 0 Å². The Kier molecular flexibility index (Phi) is 11.0. The second-order valence-electron chi connectivity index (χ2n) is 10.8. The molecule has 0 bridgehead atoms. The summed E-state index contributed by atoms with van der Waals surface area (Å²) in [7, 11) is 0. The fourth-order valence-corrected chi connectivity index (χ4v) is 11.5. The van der Waals surface area contributed by atoms with Gasteiger partial charge in [0.1, 0.15) is 0 Å². The zero-order valence-corrected chi connectivity index (χ0v) is 29.1. The minimum absolute atomic E-state index is 1.23. The molecule has 0 aliphatic carbocycles. The van der Waals surface area contributed by atoms with Crippen molar-refractivity contribution in [3.05, 3.63) is 83.1 Å². The SMILES string of the molecule is CCCCCCCCCCCCc1ccc(-c2ccc(-c3ccc(-c4ccc(-c5ccc(-c6cccs6)s5)s4)s3)s2)s1. The van der Waals surface area contributed by atoms with Gasteiger partial charge < -0.3 is 0 Å². The molecule has 0 aliphatic heterocycles. The summed E-state index contributed by atoms with van der Waals surface area (Å²) < 4.78 is 0. The molecule has 6 heteroatoms. The molecule has 0 unspecified atom stereocenters. The lowest BCUT2D eigenvalue weighted by atomic mass is 10.1. The van der Waals surface area contributed by atoms with Crippen molar-refractivity contribution in [3.8, 4) is 48.8 Å². The van der Waals surface area contributed by atoms with Gasteiger partial charge in [-0.15, -0.1) is 68.0 Å². The summed E-state index contributed by atoms with van der Waals surface area (Å²) in [6.45, 7) is 2.30. The normalized spacial score (nSPS) is 11.5. The lowest BCUT2D eigenvalue weighted by Gasteiger charge is -2.02. The highest BCUT2D eigenvalue weighted by Gasteiger charge is 2.13. The summed E-state index contributed by atoms with van der Waals surface area (Å²) in [4.78, 5) is 15.3. The molecule has 6 rings (SSSR count). The van der Waals surface area contributed by atoms with Crippen LogP contribution in [0.2, 0.25) is 0 Å². The Balaban J connectivity index is 1.00. The van der Waals surface area contributed by atoms with Gasteiger partial charge in [0, 0.05) is 53.6 Å². The molecule has 0 saturated carbocycles. The van der Waals surface area contributed by atoms with E-state index in [1.54, 1.807) is 4.88 Å². The van der Waals surface area contributed by atoms with E-state index in [0.29, 0.717) is 0 Å². The van der Waals surface area contributed by atoms with E-state index in [9.17, 15) is 0 Å². The van der Waals surface area contributed by atoms with E-state index in [4.69, 9.17) is 0 Å². The molecule has 0 aromatic carbocycles. The average molecular weight is 663 g/mol. The largest absolute Gasteiger partial charge is 0.143 e. The average Bonchev–Trinajstić information content (AvgIpc) is 3.84. The van der Waals surface area contributed by atoms with Crippen LogP contribution in [-0.2, 0) is 6.42 Å². The number of rotatable bonds is 16. The second kappa shape index (κ2) is 15.3. The maximum absolute atomic E-state index is 2.36. The van der Waals surface area contributed by atoms with Crippen molar-refractivity contribution in [3.63, 3.8) is 0 Å². The molecule has 6 heterocycles. The lowest BCUT2D eigenvalue weighted by molar-refractivity contribution is 0.557. The maximum Gasteiger partial charge on any atom is 0.0449 e. The number of hydrogen-bond donors (Lipinski definition) is 0. The van der Waals surface area contributed by atoms with Crippen LogP contribution in [0.4, 0.5) is 0 Å². The molecule has 218 valence electrons. The summed E-state index contributed by atoms with van der Waals surface area (Å²) in [6, 6.07) is 27.4. The minimum atomic E-state index is 1.23. The zero-order chi connectivity index (χ0) is 28.6. The second-order valence-corrected chi connectivity index (χ2v) is 17.3. The van der Waals surface area contributed by atoms with Crippen LogP contribution in [0.5, 0.6) is 0 Å². The first-order valence-corrected chi connectivity index (χ1v) is 20.3. The highest BCUT2D eigenvalue weighted by Crippen LogP contribution is 2.45. The van der Waals surface area contributed by atoms with Gasteiger partial charge in [-0.05, 0) is 85.0 Å². The van der Waals surface area contributed by atoms with Gasteiger partial charge in [0.15, 0.2) is 0 Å². The Morgan fingerprint density at radius 1 is 0.381 bits per heavy atom. The molecule has 0 nitrogen and oxygen atoms in total. The Labute approximate surface area is 275 Å². The van der Waals surface area contributed by atoms with Crippen LogP contribution in [0.15, 0.2) is 78.2 Å². The van der Waals surface area contributed by atoms with E-state index in [1.165, 1.54) is 119 Å². The van der Waals surface area contributed by atoms with Gasteiger partial charge in [0.25, 0.3) is 0 Å². The van der Waals surface area contributed by atoms with E-state index in [-0.39, 0.29) is 0 Å². The minimum Gasteiger partial charge on any atom is -0.143 e. The monoisotopic (exact) mass is 662 g/mol. The van der Waals surface area contributed by atoms with Gasteiger partial charge in [0.2, 0.25) is 0 Å². The van der Waals surface area contributed by atoms with Crippen molar-refractivity contribution in [2.24, 2.45) is 0 Å².